The maximum absolute atomic E-state index is 11.3. The standard InChI is InChI=1S/C16H18N4O4/c21-14(22)9-3-1-2-8-13(16(23)24)18-20-15-12-7-5-4-6-11(12)10-17-19-15/h4-7,10,13H,1-3,8-9H2,(H,21,22)(H,23,24). The third kappa shape index (κ3) is 5.08. The molecule has 1 atom stereocenters. The topological polar surface area (TPSA) is 125 Å². The van der Waals surface area contributed by atoms with Gasteiger partial charge in [0.2, 0.25) is 5.82 Å². The summed E-state index contributed by atoms with van der Waals surface area (Å²) in [6, 6.07) is 6.40. The smallest absolute Gasteiger partial charge is 0.330 e. The predicted molar refractivity (Wildman–Crippen MR) is 86.2 cm³/mol. The number of hydrogen-bond donors (Lipinski definition) is 2. The first-order valence-electron chi connectivity index (χ1n) is 7.64. The zero-order valence-corrected chi connectivity index (χ0v) is 13.0. The fraction of sp³-hybridized carbons (Fsp3) is 0.375. The van der Waals surface area contributed by atoms with Crippen molar-refractivity contribution in [2.45, 2.75) is 38.1 Å². The second-order valence-electron chi connectivity index (χ2n) is 5.32. The minimum atomic E-state index is -1.06. The minimum absolute atomic E-state index is 0.0881. The van der Waals surface area contributed by atoms with Gasteiger partial charge in [0.15, 0.2) is 6.04 Å². The molecule has 1 unspecified atom stereocenters. The number of fused-ring (bicyclic) bond motifs is 1. The molecule has 0 amide bonds. The lowest BCUT2D eigenvalue weighted by molar-refractivity contribution is -0.139. The lowest BCUT2D eigenvalue weighted by atomic mass is 10.1. The van der Waals surface area contributed by atoms with Crippen molar-refractivity contribution in [3.63, 3.8) is 0 Å². The zero-order valence-electron chi connectivity index (χ0n) is 13.0. The molecular formula is C16H18N4O4. The molecule has 126 valence electrons. The molecule has 0 fully saturated rings. The monoisotopic (exact) mass is 330 g/mol. The van der Waals surface area contributed by atoms with E-state index in [4.69, 9.17) is 5.11 Å². The Morgan fingerprint density at radius 3 is 2.67 bits per heavy atom. The van der Waals surface area contributed by atoms with Gasteiger partial charge < -0.3 is 10.2 Å². The number of nitrogens with zero attached hydrogens (tertiary/aromatic N) is 4. The van der Waals surface area contributed by atoms with Crippen molar-refractivity contribution in [2.24, 2.45) is 10.2 Å². The van der Waals surface area contributed by atoms with Gasteiger partial charge in [0, 0.05) is 17.2 Å². The average Bonchev–Trinajstić information content (AvgIpc) is 2.56. The van der Waals surface area contributed by atoms with Crippen molar-refractivity contribution >= 4 is 28.5 Å². The van der Waals surface area contributed by atoms with Crippen LogP contribution in [0.25, 0.3) is 10.8 Å². The van der Waals surface area contributed by atoms with Gasteiger partial charge in [-0.25, -0.2) is 4.79 Å². The molecule has 0 aliphatic carbocycles. The lowest BCUT2D eigenvalue weighted by Gasteiger charge is -2.06. The molecule has 2 N–H and O–H groups in total. The van der Waals surface area contributed by atoms with Crippen molar-refractivity contribution < 1.29 is 19.8 Å². The van der Waals surface area contributed by atoms with E-state index in [0.717, 1.165) is 10.8 Å². The van der Waals surface area contributed by atoms with Gasteiger partial charge in [0.05, 0.1) is 6.20 Å². The number of carboxylic acid groups (broad SMARTS) is 2. The third-order valence-electron chi connectivity index (χ3n) is 3.50. The van der Waals surface area contributed by atoms with Gasteiger partial charge in [-0.15, -0.1) is 10.2 Å². The maximum Gasteiger partial charge on any atom is 0.330 e. The largest absolute Gasteiger partial charge is 0.481 e. The first-order valence-corrected chi connectivity index (χ1v) is 7.64. The molecular weight excluding hydrogens is 312 g/mol. The van der Waals surface area contributed by atoms with Crippen molar-refractivity contribution in [3.8, 4) is 0 Å². The van der Waals surface area contributed by atoms with Gasteiger partial charge >= 0.3 is 11.9 Å². The summed E-state index contributed by atoms with van der Waals surface area (Å²) in [6.07, 6.45) is 3.73. The first-order chi connectivity index (χ1) is 11.6. The van der Waals surface area contributed by atoms with Crippen molar-refractivity contribution in [1.29, 1.82) is 0 Å². The van der Waals surface area contributed by atoms with Gasteiger partial charge in [-0.1, -0.05) is 37.1 Å². The molecule has 2 rings (SSSR count). The highest BCUT2D eigenvalue weighted by Gasteiger charge is 2.16. The summed E-state index contributed by atoms with van der Waals surface area (Å²) in [7, 11) is 0. The molecule has 24 heavy (non-hydrogen) atoms. The van der Waals surface area contributed by atoms with E-state index in [1.165, 1.54) is 0 Å². The number of azo groups is 1. The second-order valence-corrected chi connectivity index (χ2v) is 5.32. The Labute approximate surface area is 138 Å². The average molecular weight is 330 g/mol. The Balaban J connectivity index is 2.00. The van der Waals surface area contributed by atoms with E-state index < -0.39 is 18.0 Å². The molecule has 0 radical (unpaired) electrons. The lowest BCUT2D eigenvalue weighted by Crippen LogP contribution is -2.17. The summed E-state index contributed by atoms with van der Waals surface area (Å²) in [6.45, 7) is 0. The summed E-state index contributed by atoms with van der Waals surface area (Å²) in [5, 5.41) is 35.0. The number of hydrogen-bond acceptors (Lipinski definition) is 6. The van der Waals surface area contributed by atoms with Gasteiger partial charge in [-0.3, -0.25) is 4.79 Å². The summed E-state index contributed by atoms with van der Waals surface area (Å²) < 4.78 is 0. The van der Waals surface area contributed by atoms with Crippen molar-refractivity contribution in [1.82, 2.24) is 10.2 Å². The Hall–Kier alpha value is -2.90. The van der Waals surface area contributed by atoms with E-state index in [1.54, 1.807) is 6.20 Å². The van der Waals surface area contributed by atoms with Crippen molar-refractivity contribution in [3.05, 3.63) is 30.5 Å². The second kappa shape index (κ2) is 8.66. The predicted octanol–water partition coefficient (Wildman–Crippen LogP) is 3.20. The minimum Gasteiger partial charge on any atom is -0.481 e. The van der Waals surface area contributed by atoms with Crippen LogP contribution in [0, 0.1) is 0 Å². The van der Waals surface area contributed by atoms with Gasteiger partial charge in [-0.05, 0) is 12.8 Å². The number of benzene rings is 1. The van der Waals surface area contributed by atoms with E-state index >= 15 is 0 Å². The fourth-order valence-electron chi connectivity index (χ4n) is 2.23. The van der Waals surface area contributed by atoms with E-state index in [-0.39, 0.29) is 12.2 Å². The van der Waals surface area contributed by atoms with Gasteiger partial charge in [0.1, 0.15) is 0 Å². The molecule has 0 aliphatic rings. The first kappa shape index (κ1) is 17.5. The van der Waals surface area contributed by atoms with Crippen LogP contribution in [-0.4, -0.2) is 38.4 Å². The molecule has 2 aromatic rings. The number of unbranched alkanes of at least 4 members (excludes halogenated alkanes) is 2. The molecule has 0 spiro atoms. The number of carbonyl (C=O) groups is 2. The third-order valence-corrected chi connectivity index (χ3v) is 3.50. The van der Waals surface area contributed by atoms with Crippen LogP contribution in [0.4, 0.5) is 5.82 Å². The summed E-state index contributed by atoms with van der Waals surface area (Å²) >= 11 is 0. The van der Waals surface area contributed by atoms with Gasteiger partial charge in [0.25, 0.3) is 0 Å². The molecule has 1 aromatic carbocycles. The van der Waals surface area contributed by atoms with Gasteiger partial charge in [-0.2, -0.15) is 10.2 Å². The molecule has 0 bridgehead atoms. The van der Waals surface area contributed by atoms with Crippen LogP contribution in [0.15, 0.2) is 40.7 Å². The number of carboxylic acids is 2. The Bertz CT molecular complexity index is 742. The van der Waals surface area contributed by atoms with Crippen LogP contribution >= 0.6 is 0 Å². The molecule has 0 saturated carbocycles. The van der Waals surface area contributed by atoms with Crippen LogP contribution in [0.5, 0.6) is 0 Å². The normalized spacial score (nSPS) is 12.5. The van der Waals surface area contributed by atoms with E-state index in [1.807, 2.05) is 24.3 Å². The number of aliphatic carboxylic acids is 2. The summed E-state index contributed by atoms with van der Waals surface area (Å²) in [5.41, 5.74) is 0. The molecule has 0 saturated heterocycles. The zero-order chi connectivity index (χ0) is 17.4. The highest BCUT2D eigenvalue weighted by molar-refractivity contribution is 5.89. The molecule has 8 nitrogen and oxygen atoms in total. The summed E-state index contributed by atoms with van der Waals surface area (Å²) in [4.78, 5) is 21.7. The fourth-order valence-corrected chi connectivity index (χ4v) is 2.23. The van der Waals surface area contributed by atoms with Crippen LogP contribution in [0.1, 0.15) is 32.1 Å². The molecule has 8 heteroatoms. The number of rotatable bonds is 9. The van der Waals surface area contributed by atoms with Crippen LogP contribution < -0.4 is 0 Å². The molecule has 1 heterocycles. The number of aromatic nitrogens is 2. The van der Waals surface area contributed by atoms with E-state index in [2.05, 4.69) is 20.4 Å². The van der Waals surface area contributed by atoms with Crippen molar-refractivity contribution in [2.75, 3.05) is 0 Å². The Morgan fingerprint density at radius 1 is 1.12 bits per heavy atom. The van der Waals surface area contributed by atoms with Crippen LogP contribution in [-0.2, 0) is 9.59 Å². The maximum atomic E-state index is 11.3. The van der Waals surface area contributed by atoms with Crippen LogP contribution in [0.2, 0.25) is 0 Å². The highest BCUT2D eigenvalue weighted by atomic mass is 16.4. The highest BCUT2D eigenvalue weighted by Crippen LogP contribution is 2.22. The summed E-state index contributed by atoms with van der Waals surface area (Å²) in [5.74, 6) is -1.63. The SMILES string of the molecule is O=C(O)CCCCCC(N=Nc1nncc2ccccc12)C(=O)O. The molecule has 1 aromatic heterocycles. The van der Waals surface area contributed by atoms with E-state index in [0.29, 0.717) is 25.7 Å². The Morgan fingerprint density at radius 2 is 1.92 bits per heavy atom. The Kier molecular flexibility index (Phi) is 6.30. The quantitative estimate of drug-likeness (QED) is 0.537. The molecule has 0 aliphatic heterocycles. The van der Waals surface area contributed by atoms with Crippen LogP contribution in [0.3, 0.4) is 0 Å². The van der Waals surface area contributed by atoms with E-state index in [9.17, 15) is 14.7 Å².